The van der Waals surface area contributed by atoms with Gasteiger partial charge in [0.1, 0.15) is 5.82 Å². The molecule has 128 valence electrons. The molecule has 2 atom stereocenters. The summed E-state index contributed by atoms with van der Waals surface area (Å²) < 4.78 is 12.9. The minimum Gasteiger partial charge on any atom is -0.340 e. The van der Waals surface area contributed by atoms with Gasteiger partial charge in [0.05, 0.1) is 0 Å². The topological polar surface area (TPSA) is 61.4 Å². The molecule has 1 aromatic carbocycles. The van der Waals surface area contributed by atoms with E-state index in [1.54, 1.807) is 0 Å². The summed E-state index contributed by atoms with van der Waals surface area (Å²) >= 11 is 0. The van der Waals surface area contributed by atoms with Crippen molar-refractivity contribution >= 4 is 17.6 Å². The van der Waals surface area contributed by atoms with Crippen molar-refractivity contribution in [2.45, 2.75) is 31.7 Å². The molecule has 0 radical (unpaired) electrons. The maximum absolute atomic E-state index is 12.9. The van der Waals surface area contributed by atoms with Crippen LogP contribution in [0, 0.1) is 11.7 Å². The quantitative estimate of drug-likeness (QED) is 0.837. The second kappa shape index (κ2) is 7.47. The van der Waals surface area contributed by atoms with Crippen molar-refractivity contribution < 1.29 is 14.0 Å². The molecule has 6 heteroatoms. The van der Waals surface area contributed by atoms with Crippen LogP contribution in [0.3, 0.4) is 0 Å². The largest absolute Gasteiger partial charge is 0.340 e. The van der Waals surface area contributed by atoms with E-state index in [0.29, 0.717) is 18.8 Å². The Hall–Kier alpha value is -2.37. The van der Waals surface area contributed by atoms with Gasteiger partial charge in [-0.05, 0) is 49.9 Å². The van der Waals surface area contributed by atoms with Crippen molar-refractivity contribution in [3.05, 3.63) is 42.2 Å². The molecule has 1 aliphatic heterocycles. The maximum atomic E-state index is 12.9. The van der Waals surface area contributed by atoms with E-state index in [1.807, 2.05) is 4.90 Å². The molecule has 3 rings (SSSR count). The zero-order valence-corrected chi connectivity index (χ0v) is 13.5. The number of carbonyl (C=O) groups excluding carboxylic acids is 2. The van der Waals surface area contributed by atoms with Gasteiger partial charge >= 0.3 is 6.03 Å². The molecule has 1 saturated heterocycles. The highest BCUT2D eigenvalue weighted by Gasteiger charge is 2.31. The molecule has 2 aliphatic rings. The second-order valence-electron chi connectivity index (χ2n) is 6.36. The van der Waals surface area contributed by atoms with Crippen LogP contribution in [0.4, 0.5) is 14.9 Å². The lowest BCUT2D eigenvalue weighted by Gasteiger charge is -2.24. The molecule has 1 aliphatic carbocycles. The molecule has 0 spiro atoms. The standard InChI is InChI=1S/C18H22FN3O2/c19-14-6-8-15(9-7-14)20-18(24)21-16-10-11-22(12-16)17(23)13-4-2-1-3-5-13/h1-2,6-9,13,16H,3-5,10-12H2,(H2,20,21,24)/t13-,16-/m1/s1. The van der Waals surface area contributed by atoms with Crippen molar-refractivity contribution in [1.29, 1.82) is 0 Å². The smallest absolute Gasteiger partial charge is 0.319 e. The number of nitrogens with zero attached hydrogens (tertiary/aromatic N) is 1. The van der Waals surface area contributed by atoms with Crippen molar-refractivity contribution in [3.63, 3.8) is 0 Å². The molecular formula is C18H22FN3O2. The molecule has 24 heavy (non-hydrogen) atoms. The Balaban J connectivity index is 1.47. The van der Waals surface area contributed by atoms with Gasteiger partial charge < -0.3 is 15.5 Å². The summed E-state index contributed by atoms with van der Waals surface area (Å²) in [5, 5.41) is 5.55. The van der Waals surface area contributed by atoms with Gasteiger partial charge in [-0.15, -0.1) is 0 Å². The van der Waals surface area contributed by atoms with E-state index in [4.69, 9.17) is 0 Å². The van der Waals surface area contributed by atoms with Crippen LogP contribution < -0.4 is 10.6 Å². The molecule has 5 nitrogen and oxygen atoms in total. The highest BCUT2D eigenvalue weighted by atomic mass is 19.1. The SMILES string of the molecule is O=C(Nc1ccc(F)cc1)N[C@@H]1CCN(C(=O)[C@@H]2CC=CCC2)C1. The van der Waals surface area contributed by atoms with Crippen molar-refractivity contribution in [1.82, 2.24) is 10.2 Å². The molecule has 0 saturated carbocycles. The Labute approximate surface area is 140 Å². The third kappa shape index (κ3) is 4.13. The highest BCUT2D eigenvalue weighted by molar-refractivity contribution is 5.89. The fraction of sp³-hybridized carbons (Fsp3) is 0.444. The van der Waals surface area contributed by atoms with Crippen molar-refractivity contribution in [3.8, 4) is 0 Å². The Morgan fingerprint density at radius 1 is 1.12 bits per heavy atom. The number of likely N-dealkylation sites (tertiary alicyclic amines) is 1. The summed E-state index contributed by atoms with van der Waals surface area (Å²) in [5.74, 6) is -0.0622. The summed E-state index contributed by atoms with van der Waals surface area (Å²) in [6, 6.07) is 5.23. The van der Waals surface area contributed by atoms with Crippen LogP contribution in [0.15, 0.2) is 36.4 Å². The predicted octanol–water partition coefficient (Wildman–Crippen LogP) is 2.90. The van der Waals surface area contributed by atoms with Gasteiger partial charge in [0.15, 0.2) is 0 Å². The van der Waals surface area contributed by atoms with Crippen LogP contribution in [-0.4, -0.2) is 36.0 Å². The predicted molar refractivity (Wildman–Crippen MR) is 90.0 cm³/mol. The van der Waals surface area contributed by atoms with Crippen LogP contribution in [0.1, 0.15) is 25.7 Å². The average Bonchev–Trinajstić information content (AvgIpc) is 3.05. The first-order valence-corrected chi connectivity index (χ1v) is 8.38. The monoisotopic (exact) mass is 331 g/mol. The van der Waals surface area contributed by atoms with Gasteiger partial charge in [-0.1, -0.05) is 12.2 Å². The normalized spacial score (nSPS) is 23.1. The van der Waals surface area contributed by atoms with Crippen LogP contribution in [-0.2, 0) is 4.79 Å². The lowest BCUT2D eigenvalue weighted by Crippen LogP contribution is -2.41. The number of anilines is 1. The molecule has 3 amide bonds. The van der Waals surface area contributed by atoms with E-state index in [0.717, 1.165) is 25.7 Å². The lowest BCUT2D eigenvalue weighted by atomic mass is 9.93. The summed E-state index contributed by atoms with van der Waals surface area (Å²) in [6.45, 7) is 1.23. The molecule has 0 unspecified atom stereocenters. The van der Waals surface area contributed by atoms with E-state index >= 15 is 0 Å². The third-order valence-corrected chi connectivity index (χ3v) is 4.56. The first-order chi connectivity index (χ1) is 11.6. The van der Waals surface area contributed by atoms with E-state index < -0.39 is 0 Å². The second-order valence-corrected chi connectivity index (χ2v) is 6.36. The number of hydrogen-bond acceptors (Lipinski definition) is 2. The Bertz CT molecular complexity index is 630. The average molecular weight is 331 g/mol. The van der Waals surface area contributed by atoms with Gasteiger partial charge in [-0.2, -0.15) is 0 Å². The summed E-state index contributed by atoms with van der Waals surface area (Å²) in [6.07, 6.45) is 7.65. The van der Waals surface area contributed by atoms with Gasteiger partial charge in [0.25, 0.3) is 0 Å². The fourth-order valence-electron chi connectivity index (χ4n) is 3.24. The van der Waals surface area contributed by atoms with Crippen LogP contribution >= 0.6 is 0 Å². The number of rotatable bonds is 3. The van der Waals surface area contributed by atoms with Gasteiger partial charge in [0.2, 0.25) is 5.91 Å². The fourth-order valence-corrected chi connectivity index (χ4v) is 3.24. The van der Waals surface area contributed by atoms with Crippen LogP contribution in [0.25, 0.3) is 0 Å². The Morgan fingerprint density at radius 3 is 2.62 bits per heavy atom. The van der Waals surface area contributed by atoms with E-state index in [9.17, 15) is 14.0 Å². The van der Waals surface area contributed by atoms with Crippen LogP contribution in [0.2, 0.25) is 0 Å². The maximum Gasteiger partial charge on any atom is 0.319 e. The lowest BCUT2D eigenvalue weighted by molar-refractivity contribution is -0.134. The van der Waals surface area contributed by atoms with Gasteiger partial charge in [-0.25, -0.2) is 9.18 Å². The molecule has 1 aromatic rings. The van der Waals surface area contributed by atoms with E-state index in [-0.39, 0.29) is 29.7 Å². The summed E-state index contributed by atoms with van der Waals surface area (Å²) in [4.78, 5) is 26.3. The van der Waals surface area contributed by atoms with E-state index in [2.05, 4.69) is 22.8 Å². The first-order valence-electron chi connectivity index (χ1n) is 8.38. The molecular weight excluding hydrogens is 309 g/mol. The number of nitrogens with one attached hydrogen (secondary N) is 2. The van der Waals surface area contributed by atoms with Crippen molar-refractivity contribution in [2.75, 3.05) is 18.4 Å². The van der Waals surface area contributed by atoms with Gasteiger partial charge in [-0.3, -0.25) is 4.79 Å². The number of halogens is 1. The van der Waals surface area contributed by atoms with Gasteiger partial charge in [0, 0.05) is 30.7 Å². The van der Waals surface area contributed by atoms with Crippen LogP contribution in [0.5, 0.6) is 0 Å². The summed E-state index contributed by atoms with van der Waals surface area (Å²) in [7, 11) is 0. The minimum absolute atomic E-state index is 0.0477. The Kier molecular flexibility index (Phi) is 5.13. The van der Waals surface area contributed by atoms with E-state index in [1.165, 1.54) is 24.3 Å². The number of allylic oxidation sites excluding steroid dienone is 2. The molecule has 0 aromatic heterocycles. The molecule has 1 fully saturated rings. The number of urea groups is 1. The Morgan fingerprint density at radius 2 is 1.92 bits per heavy atom. The molecule has 1 heterocycles. The molecule has 0 bridgehead atoms. The number of carbonyl (C=O) groups is 2. The minimum atomic E-state index is -0.344. The zero-order valence-electron chi connectivity index (χ0n) is 13.5. The number of benzene rings is 1. The first kappa shape index (κ1) is 16.5. The third-order valence-electron chi connectivity index (χ3n) is 4.56. The summed E-state index contributed by atoms with van der Waals surface area (Å²) in [5.41, 5.74) is 0.536. The van der Waals surface area contributed by atoms with Crippen molar-refractivity contribution in [2.24, 2.45) is 5.92 Å². The highest BCUT2D eigenvalue weighted by Crippen LogP contribution is 2.23. The zero-order chi connectivity index (χ0) is 16.9. The number of hydrogen-bond donors (Lipinski definition) is 2. The number of amides is 3. The molecule has 2 N–H and O–H groups in total.